The van der Waals surface area contributed by atoms with Crippen LogP contribution in [0.15, 0.2) is 0 Å². The van der Waals surface area contributed by atoms with Crippen LogP contribution in [0.2, 0.25) is 0 Å². The molecule has 5 heteroatoms. The van der Waals surface area contributed by atoms with E-state index in [0.717, 1.165) is 25.9 Å². The maximum Gasteiger partial charge on any atom is 0.312 e. The first-order valence-corrected chi connectivity index (χ1v) is 4.94. The van der Waals surface area contributed by atoms with Crippen molar-refractivity contribution in [1.29, 1.82) is 0 Å². The van der Waals surface area contributed by atoms with E-state index < -0.39 is 6.03 Å². The Balaban J connectivity index is 2.15. The number of nitrogens with one attached hydrogen (secondary N) is 2. The summed E-state index contributed by atoms with van der Waals surface area (Å²) < 4.78 is 0. The van der Waals surface area contributed by atoms with Crippen molar-refractivity contribution in [3.8, 4) is 0 Å². The Morgan fingerprint density at radius 3 is 2.57 bits per heavy atom. The topological polar surface area (TPSA) is 84.2 Å². The Labute approximate surface area is 83.4 Å². The highest BCUT2D eigenvalue weighted by Gasteiger charge is 2.16. The number of ketones is 1. The number of hydrogen-bond acceptors (Lipinski definition) is 3. The van der Waals surface area contributed by atoms with Gasteiger partial charge in [0.25, 0.3) is 0 Å². The number of primary amides is 1. The molecule has 5 nitrogen and oxygen atoms in total. The minimum atomic E-state index is -0.635. The van der Waals surface area contributed by atoms with Crippen molar-refractivity contribution in [3.63, 3.8) is 0 Å². The molecule has 0 atom stereocenters. The lowest BCUT2D eigenvalue weighted by Crippen LogP contribution is -2.35. The fraction of sp³-hybridized carbons (Fsp3) is 0.778. The number of carbonyl (C=O) groups is 2. The molecular weight excluding hydrogens is 182 g/mol. The Bertz CT molecular complexity index is 212. The number of carbonyl (C=O) groups excluding carboxylic acids is 2. The van der Waals surface area contributed by atoms with Gasteiger partial charge in [0.05, 0.1) is 6.54 Å². The number of urea groups is 1. The highest BCUT2D eigenvalue weighted by atomic mass is 16.2. The van der Waals surface area contributed by atoms with Crippen LogP contribution in [0.1, 0.15) is 19.3 Å². The lowest BCUT2D eigenvalue weighted by Gasteiger charge is -2.21. The van der Waals surface area contributed by atoms with Gasteiger partial charge in [-0.15, -0.1) is 0 Å². The predicted octanol–water partition coefficient (Wildman–Crippen LogP) is -0.387. The summed E-state index contributed by atoms with van der Waals surface area (Å²) in [6, 6.07) is -0.635. The number of Topliss-reactive ketones (excluding diaryl/α,β-unsaturated/α-hetero) is 1. The average Bonchev–Trinajstić information content (AvgIpc) is 2.16. The van der Waals surface area contributed by atoms with Crippen molar-refractivity contribution in [3.05, 3.63) is 0 Å². The summed E-state index contributed by atoms with van der Waals surface area (Å²) in [4.78, 5) is 21.7. The van der Waals surface area contributed by atoms with Gasteiger partial charge in [-0.3, -0.25) is 4.79 Å². The van der Waals surface area contributed by atoms with E-state index >= 15 is 0 Å². The molecule has 4 N–H and O–H groups in total. The lowest BCUT2D eigenvalue weighted by atomic mass is 9.93. The van der Waals surface area contributed by atoms with Gasteiger partial charge in [-0.1, -0.05) is 0 Å². The number of rotatable bonds is 4. The van der Waals surface area contributed by atoms with Crippen LogP contribution >= 0.6 is 0 Å². The van der Waals surface area contributed by atoms with E-state index in [2.05, 4.69) is 10.6 Å². The van der Waals surface area contributed by atoms with Gasteiger partial charge in [0.1, 0.15) is 0 Å². The molecule has 0 radical (unpaired) electrons. The van der Waals surface area contributed by atoms with Gasteiger partial charge >= 0.3 is 6.03 Å². The molecular formula is C9H17N3O2. The van der Waals surface area contributed by atoms with Gasteiger partial charge in [-0.25, -0.2) is 4.79 Å². The maximum atomic E-state index is 11.3. The van der Waals surface area contributed by atoms with Crippen LogP contribution in [0.4, 0.5) is 4.79 Å². The second-order valence-electron chi connectivity index (χ2n) is 3.65. The van der Waals surface area contributed by atoms with E-state index in [1.807, 2.05) is 0 Å². The molecule has 0 aliphatic carbocycles. The highest BCUT2D eigenvalue weighted by molar-refractivity contribution is 5.84. The molecule has 1 aliphatic heterocycles. The number of nitrogens with two attached hydrogens (primary N) is 1. The first-order valence-electron chi connectivity index (χ1n) is 4.94. The molecule has 0 aromatic rings. The van der Waals surface area contributed by atoms with E-state index in [-0.39, 0.29) is 12.3 Å². The lowest BCUT2D eigenvalue weighted by molar-refractivity contribution is -0.119. The molecule has 1 aliphatic rings. The first-order chi connectivity index (χ1) is 6.68. The van der Waals surface area contributed by atoms with Crippen molar-refractivity contribution in [2.75, 3.05) is 19.6 Å². The second kappa shape index (κ2) is 5.59. The quantitative estimate of drug-likeness (QED) is 0.576. The third-order valence-electron chi connectivity index (χ3n) is 2.43. The van der Waals surface area contributed by atoms with Gasteiger partial charge in [-0.2, -0.15) is 0 Å². The van der Waals surface area contributed by atoms with Crippen molar-refractivity contribution >= 4 is 11.8 Å². The molecule has 1 saturated heterocycles. The molecule has 14 heavy (non-hydrogen) atoms. The molecule has 1 heterocycles. The molecule has 80 valence electrons. The Morgan fingerprint density at radius 2 is 2.00 bits per heavy atom. The van der Waals surface area contributed by atoms with E-state index in [1.165, 1.54) is 0 Å². The third-order valence-corrected chi connectivity index (χ3v) is 2.43. The summed E-state index contributed by atoms with van der Waals surface area (Å²) >= 11 is 0. The second-order valence-corrected chi connectivity index (χ2v) is 3.65. The standard InChI is InChI=1S/C9H17N3O2/c10-9(14)12-6-8(13)5-7-1-3-11-4-2-7/h7,11H,1-6H2,(H3,10,12,14). The minimum absolute atomic E-state index is 0.0655. The molecule has 0 bridgehead atoms. The molecule has 1 rings (SSSR count). The monoisotopic (exact) mass is 199 g/mol. The van der Waals surface area contributed by atoms with E-state index in [0.29, 0.717) is 12.3 Å². The van der Waals surface area contributed by atoms with Gasteiger partial charge in [0.15, 0.2) is 5.78 Å². The normalized spacial score (nSPS) is 17.7. The van der Waals surface area contributed by atoms with Gasteiger partial charge < -0.3 is 16.4 Å². The van der Waals surface area contributed by atoms with Crippen molar-refractivity contribution in [2.45, 2.75) is 19.3 Å². The minimum Gasteiger partial charge on any atom is -0.352 e. The van der Waals surface area contributed by atoms with E-state index in [9.17, 15) is 9.59 Å². The van der Waals surface area contributed by atoms with Crippen LogP contribution in [-0.4, -0.2) is 31.4 Å². The number of piperidine rings is 1. The third kappa shape index (κ3) is 4.23. The van der Waals surface area contributed by atoms with Crippen molar-refractivity contribution in [2.24, 2.45) is 11.7 Å². The Hall–Kier alpha value is -1.10. The molecule has 0 spiro atoms. The van der Waals surface area contributed by atoms with Crippen molar-refractivity contribution in [1.82, 2.24) is 10.6 Å². The van der Waals surface area contributed by atoms with Crippen molar-refractivity contribution < 1.29 is 9.59 Å². The smallest absolute Gasteiger partial charge is 0.312 e. The largest absolute Gasteiger partial charge is 0.352 e. The zero-order chi connectivity index (χ0) is 10.4. The maximum absolute atomic E-state index is 11.3. The fourth-order valence-electron chi connectivity index (χ4n) is 1.67. The summed E-state index contributed by atoms with van der Waals surface area (Å²) in [5.41, 5.74) is 4.86. The van der Waals surface area contributed by atoms with E-state index in [1.54, 1.807) is 0 Å². The molecule has 0 saturated carbocycles. The average molecular weight is 199 g/mol. The summed E-state index contributed by atoms with van der Waals surface area (Å²) in [7, 11) is 0. The zero-order valence-electron chi connectivity index (χ0n) is 8.21. The zero-order valence-corrected chi connectivity index (χ0v) is 8.21. The van der Waals surface area contributed by atoms with Crippen LogP contribution in [0.5, 0.6) is 0 Å². The Kier molecular flexibility index (Phi) is 4.39. The SMILES string of the molecule is NC(=O)NCC(=O)CC1CCNCC1. The van der Waals surface area contributed by atoms with E-state index in [4.69, 9.17) is 5.73 Å². The summed E-state index contributed by atoms with van der Waals surface area (Å²) in [6.07, 6.45) is 2.65. The van der Waals surface area contributed by atoms with Crippen LogP contribution < -0.4 is 16.4 Å². The summed E-state index contributed by atoms with van der Waals surface area (Å²) in [5.74, 6) is 0.536. The molecule has 2 amide bonds. The molecule has 1 fully saturated rings. The van der Waals surface area contributed by atoms with Gasteiger partial charge in [-0.05, 0) is 31.8 Å². The highest BCUT2D eigenvalue weighted by Crippen LogP contribution is 2.15. The Morgan fingerprint density at radius 1 is 1.36 bits per heavy atom. The van der Waals surface area contributed by atoms with Crippen LogP contribution in [0.3, 0.4) is 0 Å². The summed E-state index contributed by atoms with van der Waals surface area (Å²) in [6.45, 7) is 2.04. The van der Waals surface area contributed by atoms with Crippen LogP contribution in [0, 0.1) is 5.92 Å². The van der Waals surface area contributed by atoms with Crippen LogP contribution in [-0.2, 0) is 4.79 Å². The van der Waals surface area contributed by atoms with Gasteiger partial charge in [0, 0.05) is 6.42 Å². The predicted molar refractivity (Wildman–Crippen MR) is 52.8 cm³/mol. The molecule has 0 aromatic heterocycles. The molecule has 0 unspecified atom stereocenters. The fourth-order valence-corrected chi connectivity index (χ4v) is 1.67. The summed E-state index contributed by atoms with van der Waals surface area (Å²) in [5, 5.41) is 5.55. The number of hydrogen-bond donors (Lipinski definition) is 3. The molecule has 0 aromatic carbocycles. The van der Waals surface area contributed by atoms with Gasteiger partial charge in [0.2, 0.25) is 0 Å². The number of amides is 2. The first kappa shape index (κ1) is 11.0. The van der Waals surface area contributed by atoms with Crippen LogP contribution in [0.25, 0.3) is 0 Å².